The van der Waals surface area contributed by atoms with Gasteiger partial charge >= 0.3 is 6.03 Å². The highest BCUT2D eigenvalue weighted by Crippen LogP contribution is 2.38. The van der Waals surface area contributed by atoms with Crippen LogP contribution in [0.3, 0.4) is 0 Å². The number of terminal acetylenes is 1. The second kappa shape index (κ2) is 8.94. The lowest BCUT2D eigenvalue weighted by atomic mass is 9.96. The first-order valence-electron chi connectivity index (χ1n) is 9.81. The zero-order valence-electron chi connectivity index (χ0n) is 16.9. The number of urea groups is 1. The van der Waals surface area contributed by atoms with Crippen molar-refractivity contribution in [3.63, 3.8) is 0 Å². The van der Waals surface area contributed by atoms with Crippen LogP contribution in [0.25, 0.3) is 11.1 Å². The van der Waals surface area contributed by atoms with Gasteiger partial charge in [0.15, 0.2) is 5.01 Å². The van der Waals surface area contributed by atoms with E-state index in [9.17, 15) is 18.7 Å². The smallest absolute Gasteiger partial charge is 0.320 e. The third-order valence-electron chi connectivity index (χ3n) is 5.06. The number of alkyl halides is 2. The molecule has 6 nitrogen and oxygen atoms in total. The second-order valence-electron chi connectivity index (χ2n) is 7.37. The Balaban J connectivity index is 1.59. The van der Waals surface area contributed by atoms with Crippen molar-refractivity contribution in [1.29, 1.82) is 0 Å². The number of nitrogens with zero attached hydrogens (tertiary/aromatic N) is 2. The largest absolute Gasteiger partial charge is 0.394 e. The van der Waals surface area contributed by atoms with Gasteiger partial charge in [-0.2, -0.15) is 0 Å². The van der Waals surface area contributed by atoms with Crippen molar-refractivity contribution in [3.8, 4) is 23.5 Å². The predicted molar refractivity (Wildman–Crippen MR) is 121 cm³/mol. The Morgan fingerprint density at radius 3 is 2.62 bits per heavy atom. The number of carbonyl (C=O) groups is 1. The molecule has 1 atom stereocenters. The van der Waals surface area contributed by atoms with Gasteiger partial charge in [0.1, 0.15) is 5.82 Å². The third kappa shape index (κ3) is 4.72. The van der Waals surface area contributed by atoms with E-state index < -0.39 is 37.7 Å². The molecule has 164 valence electrons. The van der Waals surface area contributed by atoms with Crippen LogP contribution in [0.2, 0.25) is 0 Å². The fourth-order valence-corrected chi connectivity index (χ4v) is 4.09. The normalized spacial score (nSPS) is 15.4. The van der Waals surface area contributed by atoms with Crippen molar-refractivity contribution in [2.75, 3.05) is 29.9 Å². The summed E-state index contributed by atoms with van der Waals surface area (Å²) >= 11 is 1.21. The number of aliphatic hydroxyl groups excluding tert-OH is 1. The van der Waals surface area contributed by atoms with Crippen LogP contribution >= 0.6 is 11.3 Å². The molecule has 0 bridgehead atoms. The molecule has 1 saturated heterocycles. The van der Waals surface area contributed by atoms with Gasteiger partial charge in [0.05, 0.1) is 25.7 Å². The monoisotopic (exact) mass is 454 g/mol. The molecule has 2 heterocycles. The van der Waals surface area contributed by atoms with Crippen molar-refractivity contribution >= 4 is 28.9 Å². The number of nitrogens with one attached hydrogen (secondary N) is 2. The molecule has 3 N–H and O–H groups in total. The molecule has 2 aromatic carbocycles. The van der Waals surface area contributed by atoms with E-state index in [1.807, 2.05) is 42.5 Å². The summed E-state index contributed by atoms with van der Waals surface area (Å²) in [6, 6.07) is 13.5. The van der Waals surface area contributed by atoms with Gasteiger partial charge in [0, 0.05) is 16.6 Å². The molecule has 0 saturated carbocycles. The van der Waals surface area contributed by atoms with Crippen molar-refractivity contribution < 1.29 is 18.7 Å². The van der Waals surface area contributed by atoms with Gasteiger partial charge in [-0.25, -0.2) is 18.6 Å². The van der Waals surface area contributed by atoms with Gasteiger partial charge in [-0.3, -0.25) is 5.32 Å². The van der Waals surface area contributed by atoms with Crippen LogP contribution in [0, 0.1) is 12.3 Å². The third-order valence-corrected chi connectivity index (χ3v) is 5.83. The Kier molecular flexibility index (Phi) is 6.08. The Hall–Kier alpha value is -3.48. The summed E-state index contributed by atoms with van der Waals surface area (Å²) in [5, 5.41) is 17.3. The number of aliphatic hydroxyl groups is 1. The highest BCUT2D eigenvalue weighted by Gasteiger charge is 2.45. The summed E-state index contributed by atoms with van der Waals surface area (Å²) in [5.41, 5.74) is 2.87. The van der Waals surface area contributed by atoms with Crippen LogP contribution in [0.15, 0.2) is 53.9 Å². The summed E-state index contributed by atoms with van der Waals surface area (Å²) in [5.74, 6) is -0.0886. The maximum Gasteiger partial charge on any atom is 0.320 e. The number of benzene rings is 2. The Labute approximate surface area is 187 Å². The number of carbonyl (C=O) groups excluding carboxylic acids is 1. The average Bonchev–Trinajstić information content (AvgIpc) is 3.23. The molecule has 0 spiro atoms. The molecule has 2 amide bonds. The van der Waals surface area contributed by atoms with Crippen LogP contribution < -0.4 is 15.5 Å². The molecule has 1 unspecified atom stereocenters. The summed E-state index contributed by atoms with van der Waals surface area (Å²) in [7, 11) is 0. The van der Waals surface area contributed by atoms with Crippen molar-refractivity contribution in [1.82, 2.24) is 10.3 Å². The van der Waals surface area contributed by atoms with E-state index in [-0.39, 0.29) is 0 Å². The van der Waals surface area contributed by atoms with Crippen molar-refractivity contribution in [2.24, 2.45) is 0 Å². The predicted octanol–water partition coefficient (Wildman–Crippen LogP) is 4.10. The van der Waals surface area contributed by atoms with Crippen LogP contribution in [0.1, 0.15) is 16.6 Å². The van der Waals surface area contributed by atoms with E-state index in [1.165, 1.54) is 11.3 Å². The maximum absolute atomic E-state index is 13.6. The zero-order chi connectivity index (χ0) is 22.7. The van der Waals surface area contributed by atoms with Gasteiger partial charge in [-0.15, -0.1) is 17.8 Å². The molecular weight excluding hydrogens is 434 g/mol. The number of hydrogen-bond donors (Lipinski definition) is 3. The highest BCUT2D eigenvalue weighted by molar-refractivity contribution is 7.10. The fraction of sp³-hybridized carbons (Fsp3) is 0.217. The standard InChI is InChI=1S/C23H20F2N4O2S/c1-2-21-27-20(12-32-21)28-22(31)26-18(11-30)17-9-8-16(15-6-4-3-5-7-15)10-19(17)29-13-23(24,25)14-29/h1,3-10,12,18,30H,11,13-14H2,(H2,26,28,31). The lowest BCUT2D eigenvalue weighted by Gasteiger charge is -2.42. The molecule has 4 rings (SSSR count). The maximum atomic E-state index is 13.6. The lowest BCUT2D eigenvalue weighted by molar-refractivity contribution is -0.0263. The summed E-state index contributed by atoms with van der Waals surface area (Å²) in [6.07, 6.45) is 5.29. The number of thiazole rings is 1. The average molecular weight is 455 g/mol. The molecule has 0 radical (unpaired) electrons. The first-order valence-corrected chi connectivity index (χ1v) is 10.7. The van der Waals surface area contributed by atoms with E-state index in [2.05, 4.69) is 21.5 Å². The van der Waals surface area contributed by atoms with Gasteiger partial charge < -0.3 is 15.3 Å². The van der Waals surface area contributed by atoms with Crippen molar-refractivity contribution in [3.05, 3.63) is 64.5 Å². The minimum atomic E-state index is -2.76. The lowest BCUT2D eigenvalue weighted by Crippen LogP contribution is -2.56. The minimum absolute atomic E-state index is 0.291. The summed E-state index contributed by atoms with van der Waals surface area (Å²) in [4.78, 5) is 18.1. The van der Waals surface area contributed by atoms with Crippen molar-refractivity contribution in [2.45, 2.75) is 12.0 Å². The van der Waals surface area contributed by atoms with Gasteiger partial charge in [0.2, 0.25) is 0 Å². The number of rotatable bonds is 6. The molecule has 1 fully saturated rings. The van der Waals surface area contributed by atoms with Crippen LogP contribution in [-0.4, -0.2) is 41.7 Å². The molecule has 0 aliphatic carbocycles. The number of aromatic nitrogens is 1. The molecular formula is C23H20F2N4O2S. The fourth-order valence-electron chi connectivity index (χ4n) is 3.53. The second-order valence-corrected chi connectivity index (χ2v) is 8.23. The van der Waals surface area contributed by atoms with Crippen LogP contribution in [0.5, 0.6) is 0 Å². The Bertz CT molecular complexity index is 1150. The Morgan fingerprint density at radius 1 is 1.25 bits per heavy atom. The number of hydrogen-bond acceptors (Lipinski definition) is 5. The highest BCUT2D eigenvalue weighted by atomic mass is 32.1. The first kappa shape index (κ1) is 21.7. The molecule has 32 heavy (non-hydrogen) atoms. The number of amides is 2. The van der Waals surface area contributed by atoms with Crippen LogP contribution in [-0.2, 0) is 0 Å². The van der Waals surface area contributed by atoms with E-state index in [1.54, 1.807) is 16.3 Å². The molecule has 1 aromatic heterocycles. The molecule has 1 aliphatic rings. The topological polar surface area (TPSA) is 77.5 Å². The minimum Gasteiger partial charge on any atom is -0.394 e. The van der Waals surface area contributed by atoms with Gasteiger partial charge in [-0.05, 0) is 23.1 Å². The van der Waals surface area contributed by atoms with E-state index in [0.29, 0.717) is 22.1 Å². The summed E-state index contributed by atoms with van der Waals surface area (Å²) in [6.45, 7) is -1.26. The van der Waals surface area contributed by atoms with Gasteiger partial charge in [-0.1, -0.05) is 42.5 Å². The van der Waals surface area contributed by atoms with E-state index in [0.717, 1.165) is 11.1 Å². The Morgan fingerprint density at radius 2 is 2.00 bits per heavy atom. The molecule has 3 aromatic rings. The number of anilines is 2. The molecule has 1 aliphatic heterocycles. The SMILES string of the molecule is C#Cc1nc(NC(=O)NC(CO)c2ccc(-c3ccccc3)cc2N2CC(F)(F)C2)cs1. The van der Waals surface area contributed by atoms with Crippen LogP contribution in [0.4, 0.5) is 25.1 Å². The van der Waals surface area contributed by atoms with Gasteiger partial charge in [0.25, 0.3) is 5.92 Å². The van der Waals surface area contributed by atoms with E-state index in [4.69, 9.17) is 6.42 Å². The first-order chi connectivity index (χ1) is 15.4. The zero-order valence-corrected chi connectivity index (χ0v) is 17.7. The van der Waals surface area contributed by atoms with E-state index >= 15 is 0 Å². The number of halogens is 2. The summed E-state index contributed by atoms with van der Waals surface area (Å²) < 4.78 is 27.2. The quantitative estimate of drug-likeness (QED) is 0.490. The molecule has 9 heteroatoms.